The third kappa shape index (κ3) is 3.56. The number of hydrogen-bond acceptors (Lipinski definition) is 4. The second kappa shape index (κ2) is 6.53. The van der Waals surface area contributed by atoms with E-state index in [0.717, 1.165) is 19.4 Å². The number of thioether (sulfide) groups is 2. The molecule has 1 N–H and O–H groups in total. The molecule has 0 aliphatic carbocycles. The summed E-state index contributed by atoms with van der Waals surface area (Å²) in [5, 5.41) is 11.2. The SMILES string of the molecule is CC1SCCSC1C(O)CCC1CCCO1. The predicted octanol–water partition coefficient (Wildman–Crippen LogP) is 2.54. The van der Waals surface area contributed by atoms with Gasteiger partial charge in [0.25, 0.3) is 0 Å². The van der Waals surface area contributed by atoms with Crippen molar-refractivity contribution < 1.29 is 9.84 Å². The maximum atomic E-state index is 10.2. The summed E-state index contributed by atoms with van der Waals surface area (Å²) in [6.45, 7) is 3.17. The zero-order valence-electron chi connectivity index (χ0n) is 9.93. The summed E-state index contributed by atoms with van der Waals surface area (Å²) in [6.07, 6.45) is 4.62. The molecule has 0 saturated carbocycles. The van der Waals surface area contributed by atoms with E-state index in [4.69, 9.17) is 4.74 Å². The van der Waals surface area contributed by atoms with E-state index in [0.29, 0.717) is 16.6 Å². The van der Waals surface area contributed by atoms with E-state index < -0.39 is 0 Å². The van der Waals surface area contributed by atoms with E-state index >= 15 is 0 Å². The van der Waals surface area contributed by atoms with Crippen molar-refractivity contribution in [3.63, 3.8) is 0 Å². The van der Waals surface area contributed by atoms with Gasteiger partial charge in [0.15, 0.2) is 0 Å². The van der Waals surface area contributed by atoms with Gasteiger partial charge in [-0.2, -0.15) is 23.5 Å². The molecule has 0 radical (unpaired) electrons. The average molecular weight is 262 g/mol. The van der Waals surface area contributed by atoms with Crippen molar-refractivity contribution >= 4 is 23.5 Å². The first kappa shape index (κ1) is 13.1. The lowest BCUT2D eigenvalue weighted by atomic mass is 10.0. The zero-order valence-corrected chi connectivity index (χ0v) is 11.6. The number of aliphatic hydroxyl groups excluding tert-OH is 1. The molecular weight excluding hydrogens is 240 g/mol. The normalized spacial score (nSPS) is 37.5. The van der Waals surface area contributed by atoms with Crippen LogP contribution < -0.4 is 0 Å². The van der Waals surface area contributed by atoms with Gasteiger partial charge in [0.2, 0.25) is 0 Å². The van der Waals surface area contributed by atoms with Crippen molar-refractivity contribution in [1.29, 1.82) is 0 Å². The van der Waals surface area contributed by atoms with Crippen molar-refractivity contribution in [3.05, 3.63) is 0 Å². The molecule has 2 saturated heterocycles. The van der Waals surface area contributed by atoms with Gasteiger partial charge >= 0.3 is 0 Å². The summed E-state index contributed by atoms with van der Waals surface area (Å²) < 4.78 is 5.59. The molecule has 0 aromatic heterocycles. The highest BCUT2D eigenvalue weighted by atomic mass is 32.2. The summed E-state index contributed by atoms with van der Waals surface area (Å²) >= 11 is 3.95. The van der Waals surface area contributed by atoms with E-state index in [9.17, 15) is 5.11 Å². The van der Waals surface area contributed by atoms with Crippen molar-refractivity contribution in [2.45, 2.75) is 55.3 Å². The molecule has 16 heavy (non-hydrogen) atoms. The fraction of sp³-hybridized carbons (Fsp3) is 1.00. The van der Waals surface area contributed by atoms with Crippen LogP contribution in [-0.2, 0) is 4.74 Å². The highest BCUT2D eigenvalue weighted by molar-refractivity contribution is 8.07. The highest BCUT2D eigenvalue weighted by Gasteiger charge is 2.29. The van der Waals surface area contributed by atoms with Gasteiger partial charge in [-0.1, -0.05) is 6.92 Å². The quantitative estimate of drug-likeness (QED) is 0.843. The minimum Gasteiger partial charge on any atom is -0.392 e. The largest absolute Gasteiger partial charge is 0.392 e. The highest BCUT2D eigenvalue weighted by Crippen LogP contribution is 2.34. The molecule has 0 amide bonds. The van der Waals surface area contributed by atoms with Crippen LogP contribution in [0.2, 0.25) is 0 Å². The lowest BCUT2D eigenvalue weighted by molar-refractivity contribution is 0.0806. The third-order valence-electron chi connectivity index (χ3n) is 3.42. The first-order valence-corrected chi connectivity index (χ1v) is 8.40. The van der Waals surface area contributed by atoms with Crippen LogP contribution in [0.1, 0.15) is 32.6 Å². The standard InChI is InChI=1S/C12H22O2S2/c1-9-12(16-8-7-15-9)11(13)5-4-10-3-2-6-14-10/h9-13H,2-8H2,1H3. The van der Waals surface area contributed by atoms with Gasteiger partial charge in [-0.25, -0.2) is 0 Å². The maximum absolute atomic E-state index is 10.2. The lowest BCUT2D eigenvalue weighted by Gasteiger charge is -2.32. The summed E-state index contributed by atoms with van der Waals surface area (Å²) in [5.41, 5.74) is 0. The van der Waals surface area contributed by atoms with Gasteiger partial charge < -0.3 is 9.84 Å². The Morgan fingerprint density at radius 1 is 1.38 bits per heavy atom. The Labute approximate surface area is 107 Å². The Morgan fingerprint density at radius 2 is 2.19 bits per heavy atom. The van der Waals surface area contributed by atoms with Crippen molar-refractivity contribution in [1.82, 2.24) is 0 Å². The second-order valence-corrected chi connectivity index (χ2v) is 7.46. The molecule has 0 spiro atoms. The Morgan fingerprint density at radius 3 is 2.88 bits per heavy atom. The zero-order chi connectivity index (χ0) is 11.4. The fourth-order valence-electron chi connectivity index (χ4n) is 2.47. The predicted molar refractivity (Wildman–Crippen MR) is 72.4 cm³/mol. The maximum Gasteiger partial charge on any atom is 0.0670 e. The molecular formula is C12H22O2S2. The summed E-state index contributed by atoms with van der Waals surface area (Å²) in [4.78, 5) is 0. The van der Waals surface area contributed by atoms with E-state index in [1.807, 2.05) is 23.5 Å². The molecule has 2 nitrogen and oxygen atoms in total. The molecule has 4 heteroatoms. The monoisotopic (exact) mass is 262 g/mol. The molecule has 2 heterocycles. The summed E-state index contributed by atoms with van der Waals surface area (Å²) in [6, 6.07) is 0. The van der Waals surface area contributed by atoms with Gasteiger partial charge in [0, 0.05) is 28.6 Å². The van der Waals surface area contributed by atoms with E-state index in [1.165, 1.54) is 24.3 Å². The Hall–Kier alpha value is 0.620. The average Bonchev–Trinajstić information content (AvgIpc) is 2.79. The molecule has 4 unspecified atom stereocenters. The number of rotatable bonds is 4. The minimum atomic E-state index is -0.142. The molecule has 2 rings (SSSR count). The Bertz CT molecular complexity index is 207. The fourth-order valence-corrected chi connectivity index (χ4v) is 5.35. The van der Waals surface area contributed by atoms with Crippen LogP contribution in [0.25, 0.3) is 0 Å². The van der Waals surface area contributed by atoms with Crippen LogP contribution in [0, 0.1) is 0 Å². The topological polar surface area (TPSA) is 29.5 Å². The van der Waals surface area contributed by atoms with Crippen LogP contribution in [0.3, 0.4) is 0 Å². The summed E-state index contributed by atoms with van der Waals surface area (Å²) in [7, 11) is 0. The second-order valence-electron chi connectivity index (χ2n) is 4.69. The molecule has 94 valence electrons. The van der Waals surface area contributed by atoms with Crippen molar-refractivity contribution in [2.75, 3.05) is 18.1 Å². The third-order valence-corrected chi connectivity index (χ3v) is 6.66. The van der Waals surface area contributed by atoms with Crippen LogP contribution in [0.15, 0.2) is 0 Å². The molecule has 0 aromatic rings. The van der Waals surface area contributed by atoms with Crippen molar-refractivity contribution in [3.8, 4) is 0 Å². The first-order valence-electron chi connectivity index (χ1n) is 6.30. The molecule has 2 aliphatic heterocycles. The van der Waals surface area contributed by atoms with Crippen LogP contribution in [0.4, 0.5) is 0 Å². The van der Waals surface area contributed by atoms with Crippen LogP contribution in [-0.4, -0.2) is 45.9 Å². The van der Waals surface area contributed by atoms with Crippen molar-refractivity contribution in [2.24, 2.45) is 0 Å². The molecule has 0 bridgehead atoms. The van der Waals surface area contributed by atoms with Gasteiger partial charge in [-0.05, 0) is 25.7 Å². The van der Waals surface area contributed by atoms with Crippen LogP contribution in [0.5, 0.6) is 0 Å². The molecule has 0 aromatic carbocycles. The number of aliphatic hydroxyl groups is 1. The lowest BCUT2D eigenvalue weighted by Crippen LogP contribution is -2.35. The molecule has 4 atom stereocenters. The summed E-state index contributed by atoms with van der Waals surface area (Å²) in [5.74, 6) is 2.43. The minimum absolute atomic E-state index is 0.142. The number of ether oxygens (including phenoxy) is 1. The molecule has 2 aliphatic rings. The van der Waals surface area contributed by atoms with Gasteiger partial charge in [0.1, 0.15) is 0 Å². The van der Waals surface area contributed by atoms with E-state index in [-0.39, 0.29) is 6.10 Å². The van der Waals surface area contributed by atoms with E-state index in [1.54, 1.807) is 0 Å². The van der Waals surface area contributed by atoms with Gasteiger partial charge in [0.05, 0.1) is 12.2 Å². The van der Waals surface area contributed by atoms with Crippen LogP contribution >= 0.6 is 23.5 Å². The molecule has 2 fully saturated rings. The number of hydrogen-bond donors (Lipinski definition) is 1. The van der Waals surface area contributed by atoms with E-state index in [2.05, 4.69) is 6.92 Å². The Balaban J connectivity index is 1.71. The van der Waals surface area contributed by atoms with Gasteiger partial charge in [-0.3, -0.25) is 0 Å². The first-order chi connectivity index (χ1) is 7.77. The smallest absolute Gasteiger partial charge is 0.0670 e. The van der Waals surface area contributed by atoms with Gasteiger partial charge in [-0.15, -0.1) is 0 Å². The Kier molecular flexibility index (Phi) is 5.33.